The van der Waals surface area contributed by atoms with Crippen LogP contribution >= 0.6 is 15.9 Å². The van der Waals surface area contributed by atoms with Crippen molar-refractivity contribution in [3.63, 3.8) is 0 Å². The zero-order chi connectivity index (χ0) is 10.2. The smallest absolute Gasteiger partial charge is 0.0661 e. The van der Waals surface area contributed by atoms with Crippen molar-refractivity contribution in [2.24, 2.45) is 0 Å². The molecule has 0 unspecified atom stereocenters. The summed E-state index contributed by atoms with van der Waals surface area (Å²) in [5.41, 5.74) is 7.27. The number of aliphatic hydroxyl groups is 1. The number of hydrogen-bond acceptors (Lipinski definition) is 3. The zero-order valence-corrected chi connectivity index (χ0v) is 9.34. The van der Waals surface area contributed by atoms with Crippen molar-refractivity contribution in [1.82, 2.24) is 0 Å². The lowest BCUT2D eigenvalue weighted by Gasteiger charge is -2.17. The first-order valence-electron chi connectivity index (χ1n) is 4.59. The lowest BCUT2D eigenvalue weighted by molar-refractivity contribution is 0.266. The van der Waals surface area contributed by atoms with Gasteiger partial charge >= 0.3 is 0 Å². The number of nitrogen functional groups attached to an aromatic ring is 1. The van der Waals surface area contributed by atoms with Crippen LogP contribution in [0.2, 0.25) is 0 Å². The van der Waals surface area contributed by atoms with Crippen LogP contribution in [0, 0.1) is 0 Å². The normalized spacial score (nSPS) is 17.9. The molecule has 0 saturated heterocycles. The molecule has 14 heavy (non-hydrogen) atoms. The zero-order valence-electron chi connectivity index (χ0n) is 7.76. The molecule has 4 N–H and O–H groups in total. The van der Waals surface area contributed by atoms with E-state index in [-0.39, 0.29) is 12.1 Å². The predicted octanol–water partition coefficient (Wildman–Crippen LogP) is 1.97. The van der Waals surface area contributed by atoms with Crippen LogP contribution in [0.4, 0.5) is 11.4 Å². The fraction of sp³-hybridized carbons (Fsp3) is 0.400. The van der Waals surface area contributed by atoms with Gasteiger partial charge in [-0.1, -0.05) is 0 Å². The molecule has 1 aliphatic carbocycles. The van der Waals surface area contributed by atoms with E-state index in [1.54, 1.807) is 0 Å². The lowest BCUT2D eigenvalue weighted by atomic mass is 10.2. The van der Waals surface area contributed by atoms with E-state index < -0.39 is 0 Å². The first-order valence-corrected chi connectivity index (χ1v) is 5.39. The number of nitrogens with one attached hydrogen (secondary N) is 1. The summed E-state index contributed by atoms with van der Waals surface area (Å²) < 4.78 is 0.942. The molecular weight excluding hydrogens is 244 g/mol. The highest BCUT2D eigenvalue weighted by Gasteiger charge is 2.42. The van der Waals surface area contributed by atoms with Gasteiger partial charge in [-0.2, -0.15) is 0 Å². The molecule has 0 heterocycles. The third kappa shape index (κ3) is 1.86. The summed E-state index contributed by atoms with van der Waals surface area (Å²) in [5.74, 6) is 0. The molecule has 0 spiro atoms. The summed E-state index contributed by atoms with van der Waals surface area (Å²) in [5, 5.41) is 12.5. The molecule has 2 rings (SSSR count). The maximum absolute atomic E-state index is 9.16. The van der Waals surface area contributed by atoms with E-state index in [2.05, 4.69) is 21.2 Å². The standard InChI is InChI=1S/C10H13BrN2O/c11-8-5-7(12)1-2-9(8)13-10(6-14)3-4-10/h1-2,5,13-14H,3-4,6,12H2. The molecule has 1 aromatic rings. The molecule has 0 radical (unpaired) electrons. The molecule has 0 aromatic heterocycles. The highest BCUT2D eigenvalue weighted by molar-refractivity contribution is 9.10. The van der Waals surface area contributed by atoms with Crippen LogP contribution in [0.25, 0.3) is 0 Å². The third-order valence-electron chi connectivity index (χ3n) is 2.55. The van der Waals surface area contributed by atoms with Crippen molar-refractivity contribution in [2.45, 2.75) is 18.4 Å². The van der Waals surface area contributed by atoms with Crippen molar-refractivity contribution in [2.75, 3.05) is 17.7 Å². The minimum Gasteiger partial charge on any atom is -0.399 e. The molecule has 1 aromatic carbocycles. The fourth-order valence-corrected chi connectivity index (χ4v) is 1.89. The summed E-state index contributed by atoms with van der Waals surface area (Å²) in [7, 11) is 0. The SMILES string of the molecule is Nc1ccc(NC2(CO)CC2)c(Br)c1. The van der Waals surface area contributed by atoms with E-state index in [0.29, 0.717) is 0 Å². The van der Waals surface area contributed by atoms with Crippen molar-refractivity contribution in [3.8, 4) is 0 Å². The van der Waals surface area contributed by atoms with Crippen molar-refractivity contribution in [1.29, 1.82) is 0 Å². The van der Waals surface area contributed by atoms with Crippen molar-refractivity contribution < 1.29 is 5.11 Å². The number of nitrogens with two attached hydrogens (primary N) is 1. The van der Waals surface area contributed by atoms with Gasteiger partial charge in [-0.05, 0) is 47.0 Å². The lowest BCUT2D eigenvalue weighted by Crippen LogP contribution is -2.25. The maximum Gasteiger partial charge on any atom is 0.0661 e. The maximum atomic E-state index is 9.16. The van der Waals surface area contributed by atoms with E-state index in [9.17, 15) is 0 Å². The topological polar surface area (TPSA) is 58.3 Å². The van der Waals surface area contributed by atoms with Crippen LogP contribution < -0.4 is 11.1 Å². The second-order valence-corrected chi connectivity index (χ2v) is 4.66. The second-order valence-electron chi connectivity index (χ2n) is 3.80. The molecule has 0 amide bonds. The number of halogens is 1. The highest BCUT2D eigenvalue weighted by Crippen LogP contribution is 2.40. The summed E-state index contributed by atoms with van der Waals surface area (Å²) in [6.07, 6.45) is 2.06. The molecule has 1 aliphatic rings. The van der Waals surface area contributed by atoms with Crippen LogP contribution in [0.5, 0.6) is 0 Å². The van der Waals surface area contributed by atoms with E-state index in [1.807, 2.05) is 18.2 Å². The highest BCUT2D eigenvalue weighted by atomic mass is 79.9. The summed E-state index contributed by atoms with van der Waals surface area (Å²) in [6, 6.07) is 5.63. The largest absolute Gasteiger partial charge is 0.399 e. The van der Waals surface area contributed by atoms with E-state index in [4.69, 9.17) is 10.8 Å². The Labute approximate surface area is 91.4 Å². The first kappa shape index (κ1) is 9.80. The Bertz CT molecular complexity index is 350. The fourth-order valence-electron chi connectivity index (χ4n) is 1.39. The van der Waals surface area contributed by atoms with Gasteiger partial charge < -0.3 is 16.2 Å². The Morgan fingerprint density at radius 3 is 2.71 bits per heavy atom. The monoisotopic (exact) mass is 256 g/mol. The predicted molar refractivity (Wildman–Crippen MR) is 61.2 cm³/mol. The number of benzene rings is 1. The molecule has 3 nitrogen and oxygen atoms in total. The minimum absolute atomic E-state index is 0.0847. The van der Waals surface area contributed by atoms with Gasteiger partial charge in [0.2, 0.25) is 0 Å². The van der Waals surface area contributed by atoms with E-state index >= 15 is 0 Å². The molecule has 1 saturated carbocycles. The van der Waals surface area contributed by atoms with Crippen LogP contribution in [0.15, 0.2) is 22.7 Å². The number of rotatable bonds is 3. The molecule has 0 atom stereocenters. The number of aliphatic hydroxyl groups excluding tert-OH is 1. The number of hydrogen-bond donors (Lipinski definition) is 3. The summed E-state index contributed by atoms with van der Waals surface area (Å²) in [6.45, 7) is 0.184. The third-order valence-corrected chi connectivity index (χ3v) is 3.21. The van der Waals surface area contributed by atoms with Gasteiger partial charge in [0.05, 0.1) is 12.1 Å². The quantitative estimate of drug-likeness (QED) is 0.725. The Balaban J connectivity index is 2.17. The molecule has 1 fully saturated rings. The average Bonchev–Trinajstić information content (AvgIpc) is 2.91. The minimum atomic E-state index is -0.0847. The van der Waals surface area contributed by atoms with Gasteiger partial charge in [0.1, 0.15) is 0 Å². The first-order chi connectivity index (χ1) is 6.65. The average molecular weight is 257 g/mol. The number of anilines is 2. The van der Waals surface area contributed by atoms with Crippen LogP contribution in [0.3, 0.4) is 0 Å². The van der Waals surface area contributed by atoms with Crippen LogP contribution in [0.1, 0.15) is 12.8 Å². The van der Waals surface area contributed by atoms with Crippen molar-refractivity contribution in [3.05, 3.63) is 22.7 Å². The summed E-state index contributed by atoms with van der Waals surface area (Å²) in [4.78, 5) is 0. The van der Waals surface area contributed by atoms with Gasteiger partial charge in [-0.3, -0.25) is 0 Å². The Hall–Kier alpha value is -0.740. The molecule has 4 heteroatoms. The Morgan fingerprint density at radius 1 is 1.50 bits per heavy atom. The summed E-state index contributed by atoms with van der Waals surface area (Å²) >= 11 is 3.43. The van der Waals surface area contributed by atoms with Crippen molar-refractivity contribution >= 4 is 27.3 Å². The second kappa shape index (κ2) is 3.44. The van der Waals surface area contributed by atoms with E-state index in [0.717, 1.165) is 28.7 Å². The van der Waals surface area contributed by atoms with Gasteiger partial charge in [0, 0.05) is 15.8 Å². The molecular formula is C10H13BrN2O. The van der Waals surface area contributed by atoms with Crippen LogP contribution in [-0.2, 0) is 0 Å². The van der Waals surface area contributed by atoms with Gasteiger partial charge in [0.15, 0.2) is 0 Å². The molecule has 0 aliphatic heterocycles. The molecule has 0 bridgehead atoms. The van der Waals surface area contributed by atoms with E-state index in [1.165, 1.54) is 0 Å². The Kier molecular flexibility index (Phi) is 2.41. The van der Waals surface area contributed by atoms with Gasteiger partial charge in [-0.25, -0.2) is 0 Å². The van der Waals surface area contributed by atoms with Gasteiger partial charge in [-0.15, -0.1) is 0 Å². The Morgan fingerprint density at radius 2 is 2.21 bits per heavy atom. The molecule has 76 valence electrons. The van der Waals surface area contributed by atoms with Crippen LogP contribution in [-0.4, -0.2) is 17.3 Å². The van der Waals surface area contributed by atoms with Gasteiger partial charge in [0.25, 0.3) is 0 Å².